The third-order valence-electron chi connectivity index (χ3n) is 3.96. The maximum Gasteiger partial charge on any atom is 0.196 e. The fourth-order valence-corrected chi connectivity index (χ4v) is 2.98. The van der Waals surface area contributed by atoms with Crippen molar-refractivity contribution in [3.05, 3.63) is 0 Å². The third-order valence-corrected chi connectivity index (χ3v) is 3.96. The summed E-state index contributed by atoms with van der Waals surface area (Å²) in [4.78, 5) is 9.74. The topological polar surface area (TPSA) is 18.8 Å². The quantitative estimate of drug-likeness (QED) is 0.552. The summed E-state index contributed by atoms with van der Waals surface area (Å²) in [7, 11) is 0. The van der Waals surface area contributed by atoms with Crippen LogP contribution >= 0.6 is 0 Å². The van der Waals surface area contributed by atoms with E-state index in [4.69, 9.17) is 4.99 Å². The Morgan fingerprint density at radius 3 is 2.00 bits per heavy atom. The van der Waals surface area contributed by atoms with Crippen molar-refractivity contribution in [2.45, 2.75) is 65.8 Å². The molecule has 18 heavy (non-hydrogen) atoms. The summed E-state index contributed by atoms with van der Waals surface area (Å²) in [6, 6.07) is 0.717. The molecule has 0 radical (unpaired) electrons. The zero-order chi connectivity index (χ0) is 13.4. The Balaban J connectivity index is 2.82. The molecule has 0 unspecified atom stereocenters. The van der Waals surface area contributed by atoms with Crippen LogP contribution < -0.4 is 0 Å². The lowest BCUT2D eigenvalue weighted by molar-refractivity contribution is 0.221. The highest BCUT2D eigenvalue weighted by Gasteiger charge is 2.24. The number of hydrogen-bond donors (Lipinski definition) is 0. The van der Waals surface area contributed by atoms with Crippen LogP contribution in [0, 0.1) is 0 Å². The molecule has 1 rings (SSSR count). The second-order valence-electron chi connectivity index (χ2n) is 5.02. The van der Waals surface area contributed by atoms with Crippen molar-refractivity contribution in [3.63, 3.8) is 0 Å². The molecule has 3 heteroatoms. The molecule has 0 N–H and O–H groups in total. The largest absolute Gasteiger partial charge is 0.343 e. The molecule has 0 aromatic heterocycles. The van der Waals surface area contributed by atoms with Gasteiger partial charge < -0.3 is 9.80 Å². The van der Waals surface area contributed by atoms with Crippen molar-refractivity contribution in [2.24, 2.45) is 4.99 Å². The smallest absolute Gasteiger partial charge is 0.196 e. The number of nitrogens with zero attached hydrogens (tertiary/aromatic N) is 3. The van der Waals surface area contributed by atoms with Crippen LogP contribution in [0.1, 0.15) is 59.8 Å². The van der Waals surface area contributed by atoms with E-state index >= 15 is 0 Å². The van der Waals surface area contributed by atoms with Crippen LogP contribution in [-0.2, 0) is 0 Å². The normalized spacial score (nSPS) is 17.9. The number of hydrogen-bond acceptors (Lipinski definition) is 1. The first-order valence-corrected chi connectivity index (χ1v) is 7.84. The van der Waals surface area contributed by atoms with Gasteiger partial charge in [0.05, 0.1) is 0 Å². The van der Waals surface area contributed by atoms with Crippen molar-refractivity contribution in [1.29, 1.82) is 0 Å². The van der Waals surface area contributed by atoms with Crippen LogP contribution in [-0.4, -0.2) is 48.0 Å². The minimum absolute atomic E-state index is 0.717. The lowest BCUT2D eigenvalue weighted by atomic mass is 9.94. The molecule has 1 fully saturated rings. The Labute approximate surface area is 113 Å². The molecule has 0 aliphatic heterocycles. The molecule has 0 aromatic carbocycles. The molecule has 0 bridgehead atoms. The summed E-state index contributed by atoms with van der Waals surface area (Å²) in [6.07, 6.45) is 6.88. The molecular formula is C15H31N3. The Morgan fingerprint density at radius 2 is 1.56 bits per heavy atom. The standard InChI is InChI=1S/C15H31N3/c1-5-16-15(17(6-2)7-3)18(8-4)14-12-10-9-11-13-14/h14H,5-13H2,1-4H3/b16-15+. The highest BCUT2D eigenvalue weighted by molar-refractivity contribution is 5.80. The summed E-state index contributed by atoms with van der Waals surface area (Å²) < 4.78 is 0. The van der Waals surface area contributed by atoms with Crippen molar-refractivity contribution in [2.75, 3.05) is 26.2 Å². The molecule has 1 saturated carbocycles. The van der Waals surface area contributed by atoms with Gasteiger partial charge >= 0.3 is 0 Å². The fraction of sp³-hybridized carbons (Fsp3) is 0.933. The summed E-state index contributed by atoms with van der Waals surface area (Å²) >= 11 is 0. The predicted octanol–water partition coefficient (Wildman–Crippen LogP) is 3.36. The molecular weight excluding hydrogens is 222 g/mol. The van der Waals surface area contributed by atoms with Crippen molar-refractivity contribution in [1.82, 2.24) is 9.80 Å². The summed E-state index contributed by atoms with van der Waals surface area (Å²) in [5.74, 6) is 1.23. The molecule has 0 saturated heterocycles. The number of guanidine groups is 1. The summed E-state index contributed by atoms with van der Waals surface area (Å²) in [6.45, 7) is 12.9. The Hall–Kier alpha value is -0.730. The van der Waals surface area contributed by atoms with Crippen molar-refractivity contribution < 1.29 is 0 Å². The third kappa shape index (κ3) is 3.89. The zero-order valence-corrected chi connectivity index (χ0v) is 12.8. The van der Waals surface area contributed by atoms with Crippen LogP contribution in [0.3, 0.4) is 0 Å². The SMILES string of the molecule is CC/N=C(\N(CC)CC)N(CC)C1CCCCC1. The molecule has 0 spiro atoms. The molecule has 1 aliphatic rings. The first kappa shape index (κ1) is 15.3. The predicted molar refractivity (Wildman–Crippen MR) is 80.2 cm³/mol. The Morgan fingerprint density at radius 1 is 0.944 bits per heavy atom. The van der Waals surface area contributed by atoms with Gasteiger partial charge in [-0.25, -0.2) is 0 Å². The lowest BCUT2D eigenvalue weighted by Crippen LogP contribution is -2.49. The molecule has 0 aromatic rings. The van der Waals surface area contributed by atoms with Gasteiger partial charge in [-0.05, 0) is 40.5 Å². The van der Waals surface area contributed by atoms with Gasteiger partial charge in [-0.3, -0.25) is 4.99 Å². The van der Waals surface area contributed by atoms with Crippen molar-refractivity contribution in [3.8, 4) is 0 Å². The van der Waals surface area contributed by atoms with Crippen LogP contribution in [0.2, 0.25) is 0 Å². The molecule has 1 aliphatic carbocycles. The van der Waals surface area contributed by atoms with E-state index in [1.807, 2.05) is 0 Å². The fourth-order valence-electron chi connectivity index (χ4n) is 2.98. The van der Waals surface area contributed by atoms with Gasteiger partial charge in [-0.15, -0.1) is 0 Å². The molecule has 0 heterocycles. The lowest BCUT2D eigenvalue weighted by Gasteiger charge is -2.39. The highest BCUT2D eigenvalue weighted by Crippen LogP contribution is 2.23. The second kappa shape index (κ2) is 8.39. The van der Waals surface area contributed by atoms with E-state index < -0.39 is 0 Å². The molecule has 0 amide bonds. The van der Waals surface area contributed by atoms with Crippen LogP contribution in [0.4, 0.5) is 0 Å². The van der Waals surface area contributed by atoms with Crippen LogP contribution in [0.15, 0.2) is 4.99 Å². The van der Waals surface area contributed by atoms with E-state index in [1.54, 1.807) is 0 Å². The van der Waals surface area contributed by atoms with Gasteiger partial charge in [0.1, 0.15) is 0 Å². The van der Waals surface area contributed by atoms with Crippen LogP contribution in [0.5, 0.6) is 0 Å². The first-order chi connectivity index (χ1) is 8.78. The minimum Gasteiger partial charge on any atom is -0.343 e. The van der Waals surface area contributed by atoms with Gasteiger partial charge in [-0.1, -0.05) is 19.3 Å². The minimum atomic E-state index is 0.717. The molecule has 3 nitrogen and oxygen atoms in total. The molecule has 0 atom stereocenters. The van der Waals surface area contributed by atoms with Gasteiger partial charge in [0.15, 0.2) is 5.96 Å². The molecule has 106 valence electrons. The monoisotopic (exact) mass is 253 g/mol. The summed E-state index contributed by atoms with van der Waals surface area (Å²) in [5.41, 5.74) is 0. The Bertz CT molecular complexity index is 240. The van der Waals surface area contributed by atoms with E-state index in [0.717, 1.165) is 32.2 Å². The van der Waals surface area contributed by atoms with E-state index in [2.05, 4.69) is 37.5 Å². The van der Waals surface area contributed by atoms with E-state index in [0.29, 0.717) is 0 Å². The van der Waals surface area contributed by atoms with Crippen molar-refractivity contribution >= 4 is 5.96 Å². The van der Waals surface area contributed by atoms with Gasteiger partial charge in [0, 0.05) is 32.2 Å². The van der Waals surface area contributed by atoms with E-state index in [1.165, 1.54) is 38.1 Å². The van der Waals surface area contributed by atoms with E-state index in [-0.39, 0.29) is 0 Å². The Kier molecular flexibility index (Phi) is 7.14. The summed E-state index contributed by atoms with van der Waals surface area (Å²) in [5, 5.41) is 0. The highest BCUT2D eigenvalue weighted by atomic mass is 15.4. The average molecular weight is 253 g/mol. The van der Waals surface area contributed by atoms with Gasteiger partial charge in [0.2, 0.25) is 0 Å². The second-order valence-corrected chi connectivity index (χ2v) is 5.02. The van der Waals surface area contributed by atoms with Crippen LogP contribution in [0.25, 0.3) is 0 Å². The maximum atomic E-state index is 4.78. The van der Waals surface area contributed by atoms with E-state index in [9.17, 15) is 0 Å². The maximum absolute atomic E-state index is 4.78. The van der Waals surface area contributed by atoms with Gasteiger partial charge in [0.25, 0.3) is 0 Å². The first-order valence-electron chi connectivity index (χ1n) is 7.84. The van der Waals surface area contributed by atoms with Gasteiger partial charge in [-0.2, -0.15) is 0 Å². The zero-order valence-electron chi connectivity index (χ0n) is 12.8. The average Bonchev–Trinajstić information content (AvgIpc) is 2.42. The number of aliphatic imine (C=N–C) groups is 1. The number of rotatable bonds is 5.